The first-order valence-corrected chi connectivity index (χ1v) is 6.73. The Morgan fingerprint density at radius 3 is 2.57 bits per heavy atom. The topological polar surface area (TPSA) is 84.6 Å². The van der Waals surface area contributed by atoms with Gasteiger partial charge in [0.25, 0.3) is 0 Å². The van der Waals surface area contributed by atoms with Gasteiger partial charge in [-0.15, -0.1) is 0 Å². The zero-order valence-corrected chi connectivity index (χ0v) is 11.8. The number of aromatic carboxylic acids is 1. The first kappa shape index (κ1) is 14.7. The molecule has 4 N–H and O–H groups in total. The molecule has 0 bridgehead atoms. The minimum Gasteiger partial charge on any atom is -0.494 e. The molecule has 0 heterocycles. The molecule has 0 aliphatic rings. The van der Waals surface area contributed by atoms with Gasteiger partial charge in [0.15, 0.2) is 0 Å². The summed E-state index contributed by atoms with van der Waals surface area (Å²) in [6, 6.07) is 12.0. The number of anilines is 3. The van der Waals surface area contributed by atoms with Crippen LogP contribution in [-0.2, 0) is 0 Å². The second-order valence-corrected chi connectivity index (χ2v) is 4.61. The summed E-state index contributed by atoms with van der Waals surface area (Å²) in [5, 5.41) is 12.1. The number of nitrogen functional groups attached to an aromatic ring is 1. The van der Waals surface area contributed by atoms with Crippen LogP contribution >= 0.6 is 0 Å². The van der Waals surface area contributed by atoms with E-state index in [4.69, 9.17) is 15.6 Å². The van der Waals surface area contributed by atoms with Gasteiger partial charge >= 0.3 is 5.97 Å². The minimum absolute atomic E-state index is 0.189. The summed E-state index contributed by atoms with van der Waals surface area (Å²) in [7, 11) is 0. The molecule has 0 amide bonds. The third kappa shape index (κ3) is 3.89. The zero-order chi connectivity index (χ0) is 15.2. The van der Waals surface area contributed by atoms with Crippen molar-refractivity contribution in [2.24, 2.45) is 0 Å². The van der Waals surface area contributed by atoms with Crippen molar-refractivity contribution in [1.29, 1.82) is 0 Å². The summed E-state index contributed by atoms with van der Waals surface area (Å²) in [4.78, 5) is 11.0. The number of hydrogen-bond acceptors (Lipinski definition) is 4. The highest BCUT2D eigenvalue weighted by molar-refractivity contribution is 5.91. The Hall–Kier alpha value is -2.69. The van der Waals surface area contributed by atoms with E-state index in [-0.39, 0.29) is 5.56 Å². The number of carboxylic acid groups (broad SMARTS) is 1. The molecule has 0 unspecified atom stereocenters. The standard InChI is InChI=1S/C16H18N2O3/c1-2-9-21-13-6-4-12(5-7-13)18-15-10-11(16(19)20)3-8-14(15)17/h3-8,10,18H,2,9,17H2,1H3,(H,19,20). The number of carboxylic acids is 1. The molecule has 0 spiro atoms. The van der Waals surface area contributed by atoms with Gasteiger partial charge in [0.2, 0.25) is 0 Å². The normalized spacial score (nSPS) is 10.1. The van der Waals surface area contributed by atoms with Gasteiger partial charge in [-0.25, -0.2) is 4.79 Å². The number of hydrogen-bond donors (Lipinski definition) is 3. The lowest BCUT2D eigenvalue weighted by Gasteiger charge is -2.11. The quantitative estimate of drug-likeness (QED) is 0.708. The number of nitrogens with one attached hydrogen (secondary N) is 1. The molecule has 0 aliphatic carbocycles. The molecule has 110 valence electrons. The van der Waals surface area contributed by atoms with Crippen molar-refractivity contribution in [3.8, 4) is 5.75 Å². The Morgan fingerprint density at radius 2 is 1.95 bits per heavy atom. The van der Waals surface area contributed by atoms with Crippen molar-refractivity contribution in [2.75, 3.05) is 17.7 Å². The Kier molecular flexibility index (Phi) is 4.66. The van der Waals surface area contributed by atoms with Crippen LogP contribution in [0.25, 0.3) is 0 Å². The van der Waals surface area contributed by atoms with Gasteiger partial charge in [-0.05, 0) is 48.9 Å². The first-order valence-electron chi connectivity index (χ1n) is 6.73. The zero-order valence-electron chi connectivity index (χ0n) is 11.8. The van der Waals surface area contributed by atoms with Gasteiger partial charge < -0.3 is 20.9 Å². The minimum atomic E-state index is -0.985. The van der Waals surface area contributed by atoms with Crippen molar-refractivity contribution in [3.05, 3.63) is 48.0 Å². The van der Waals surface area contributed by atoms with E-state index in [1.807, 2.05) is 31.2 Å². The smallest absolute Gasteiger partial charge is 0.335 e. The lowest BCUT2D eigenvalue weighted by atomic mass is 10.1. The Bertz CT molecular complexity index is 624. The van der Waals surface area contributed by atoms with Crippen molar-refractivity contribution in [1.82, 2.24) is 0 Å². The van der Waals surface area contributed by atoms with Gasteiger partial charge in [-0.2, -0.15) is 0 Å². The van der Waals surface area contributed by atoms with Crippen molar-refractivity contribution < 1.29 is 14.6 Å². The summed E-state index contributed by atoms with van der Waals surface area (Å²) in [6.45, 7) is 2.73. The Morgan fingerprint density at radius 1 is 1.24 bits per heavy atom. The van der Waals surface area contributed by atoms with E-state index in [1.165, 1.54) is 12.1 Å². The van der Waals surface area contributed by atoms with Gasteiger partial charge in [-0.3, -0.25) is 0 Å². The highest BCUT2D eigenvalue weighted by Crippen LogP contribution is 2.25. The van der Waals surface area contributed by atoms with E-state index >= 15 is 0 Å². The number of rotatable bonds is 6. The molecule has 0 saturated carbocycles. The molecular formula is C16H18N2O3. The van der Waals surface area contributed by atoms with E-state index in [2.05, 4.69) is 5.32 Å². The average Bonchev–Trinajstić information content (AvgIpc) is 2.48. The molecule has 0 aromatic heterocycles. The number of nitrogens with two attached hydrogens (primary N) is 1. The molecule has 0 saturated heterocycles. The third-order valence-electron chi connectivity index (χ3n) is 2.91. The monoisotopic (exact) mass is 286 g/mol. The summed E-state index contributed by atoms with van der Waals surface area (Å²) < 4.78 is 5.50. The molecule has 5 nitrogen and oxygen atoms in total. The van der Waals surface area contributed by atoms with Crippen LogP contribution < -0.4 is 15.8 Å². The first-order chi connectivity index (χ1) is 10.1. The summed E-state index contributed by atoms with van der Waals surface area (Å²) in [5.41, 5.74) is 7.91. The van der Waals surface area contributed by atoms with Gasteiger partial charge in [0.05, 0.1) is 23.5 Å². The molecular weight excluding hydrogens is 268 g/mol. The van der Waals surface area contributed by atoms with Crippen LogP contribution in [0, 0.1) is 0 Å². The Labute approximate surface area is 123 Å². The van der Waals surface area contributed by atoms with Crippen molar-refractivity contribution >= 4 is 23.0 Å². The molecule has 0 atom stereocenters. The number of carbonyl (C=O) groups is 1. The maximum absolute atomic E-state index is 11.0. The van der Waals surface area contributed by atoms with Crippen LogP contribution in [0.3, 0.4) is 0 Å². The van der Waals surface area contributed by atoms with Crippen LogP contribution in [0.5, 0.6) is 5.75 Å². The molecule has 0 aliphatic heterocycles. The van der Waals surface area contributed by atoms with E-state index in [1.54, 1.807) is 6.07 Å². The molecule has 2 rings (SSSR count). The fourth-order valence-electron chi connectivity index (χ4n) is 1.81. The highest BCUT2D eigenvalue weighted by Gasteiger charge is 2.07. The average molecular weight is 286 g/mol. The molecule has 21 heavy (non-hydrogen) atoms. The van der Waals surface area contributed by atoms with Gasteiger partial charge in [-0.1, -0.05) is 6.92 Å². The molecule has 0 radical (unpaired) electrons. The van der Waals surface area contributed by atoms with E-state index in [0.717, 1.165) is 17.9 Å². The molecule has 2 aromatic rings. The maximum Gasteiger partial charge on any atom is 0.335 e. The fraction of sp³-hybridized carbons (Fsp3) is 0.188. The molecule has 5 heteroatoms. The predicted molar refractivity (Wildman–Crippen MR) is 83.3 cm³/mol. The lowest BCUT2D eigenvalue weighted by Crippen LogP contribution is -2.01. The number of ether oxygens (including phenoxy) is 1. The maximum atomic E-state index is 11.0. The van der Waals surface area contributed by atoms with E-state index < -0.39 is 5.97 Å². The SMILES string of the molecule is CCCOc1ccc(Nc2cc(C(=O)O)ccc2N)cc1. The summed E-state index contributed by atoms with van der Waals surface area (Å²) in [5.74, 6) is -0.184. The summed E-state index contributed by atoms with van der Waals surface area (Å²) in [6.07, 6.45) is 0.957. The summed E-state index contributed by atoms with van der Waals surface area (Å²) >= 11 is 0. The molecule has 2 aromatic carbocycles. The van der Waals surface area contributed by atoms with Crippen molar-refractivity contribution in [2.45, 2.75) is 13.3 Å². The third-order valence-corrected chi connectivity index (χ3v) is 2.91. The molecule has 0 fully saturated rings. The van der Waals surface area contributed by atoms with Crippen LogP contribution in [0.1, 0.15) is 23.7 Å². The number of benzene rings is 2. The fourth-order valence-corrected chi connectivity index (χ4v) is 1.81. The van der Waals surface area contributed by atoms with Gasteiger partial charge in [0, 0.05) is 5.69 Å². The van der Waals surface area contributed by atoms with Crippen LogP contribution in [-0.4, -0.2) is 17.7 Å². The Balaban J connectivity index is 2.14. The highest BCUT2D eigenvalue weighted by atomic mass is 16.5. The largest absolute Gasteiger partial charge is 0.494 e. The van der Waals surface area contributed by atoms with Crippen LogP contribution in [0.2, 0.25) is 0 Å². The van der Waals surface area contributed by atoms with E-state index in [9.17, 15) is 4.79 Å². The second kappa shape index (κ2) is 6.65. The van der Waals surface area contributed by atoms with E-state index in [0.29, 0.717) is 18.0 Å². The van der Waals surface area contributed by atoms with Crippen molar-refractivity contribution in [3.63, 3.8) is 0 Å². The predicted octanol–water partition coefficient (Wildman–Crippen LogP) is 3.50. The lowest BCUT2D eigenvalue weighted by molar-refractivity contribution is 0.0697. The van der Waals surface area contributed by atoms with Crippen LogP contribution in [0.4, 0.5) is 17.1 Å². The van der Waals surface area contributed by atoms with Gasteiger partial charge in [0.1, 0.15) is 5.75 Å². The van der Waals surface area contributed by atoms with Crippen LogP contribution in [0.15, 0.2) is 42.5 Å². The second-order valence-electron chi connectivity index (χ2n) is 4.61.